The van der Waals surface area contributed by atoms with Crippen molar-refractivity contribution in [3.63, 3.8) is 0 Å². The number of rotatable bonds is 6. The summed E-state index contributed by atoms with van der Waals surface area (Å²) >= 11 is 1.32. The molecule has 0 atom stereocenters. The first-order valence-corrected chi connectivity index (χ1v) is 9.08. The molecule has 8 nitrogen and oxygen atoms in total. The Morgan fingerprint density at radius 2 is 1.96 bits per heavy atom. The van der Waals surface area contributed by atoms with Crippen LogP contribution in [-0.2, 0) is 0 Å². The molecule has 1 aromatic heterocycles. The third kappa shape index (κ3) is 3.93. The zero-order chi connectivity index (χ0) is 18.8. The Balaban J connectivity index is 1.61. The van der Waals surface area contributed by atoms with E-state index in [2.05, 4.69) is 15.5 Å². The summed E-state index contributed by atoms with van der Waals surface area (Å²) in [4.78, 5) is 23.3. The molecule has 27 heavy (non-hydrogen) atoms. The molecule has 0 aliphatic heterocycles. The van der Waals surface area contributed by atoms with Gasteiger partial charge in [0.2, 0.25) is 5.13 Å². The van der Waals surface area contributed by atoms with Crippen molar-refractivity contribution >= 4 is 28.1 Å². The third-order valence-corrected chi connectivity index (χ3v) is 4.98. The summed E-state index contributed by atoms with van der Waals surface area (Å²) in [5.41, 5.74) is -0.146. The van der Waals surface area contributed by atoms with Gasteiger partial charge in [-0.15, -0.1) is 10.2 Å². The summed E-state index contributed by atoms with van der Waals surface area (Å²) in [6.07, 6.45) is 2.17. The number of anilines is 1. The largest absolute Gasteiger partial charge is 0.457 e. The number of para-hydroxylation sites is 1. The van der Waals surface area contributed by atoms with Gasteiger partial charge in [-0.05, 0) is 31.0 Å². The maximum Gasteiger partial charge on any atom is 0.270 e. The molecule has 1 amide bonds. The van der Waals surface area contributed by atoms with Crippen LogP contribution in [0.1, 0.15) is 34.1 Å². The molecule has 0 bridgehead atoms. The van der Waals surface area contributed by atoms with E-state index in [9.17, 15) is 14.9 Å². The van der Waals surface area contributed by atoms with Crippen LogP contribution < -0.4 is 10.1 Å². The molecule has 1 N–H and O–H groups in total. The topological polar surface area (TPSA) is 107 Å². The number of nitrogens with zero attached hydrogens (tertiary/aromatic N) is 3. The fourth-order valence-electron chi connectivity index (χ4n) is 2.46. The van der Waals surface area contributed by atoms with E-state index in [1.54, 1.807) is 24.3 Å². The van der Waals surface area contributed by atoms with Crippen LogP contribution >= 0.6 is 11.3 Å². The predicted octanol–water partition coefficient (Wildman–Crippen LogP) is 4.37. The summed E-state index contributed by atoms with van der Waals surface area (Å²) in [5.74, 6) is 0.634. The minimum atomic E-state index is -0.556. The Hall–Kier alpha value is -3.33. The van der Waals surface area contributed by atoms with Crippen molar-refractivity contribution in [2.75, 3.05) is 5.32 Å². The molecule has 0 radical (unpaired) electrons. The van der Waals surface area contributed by atoms with E-state index in [0.717, 1.165) is 17.8 Å². The van der Waals surface area contributed by atoms with E-state index >= 15 is 0 Å². The first kappa shape index (κ1) is 17.1. The van der Waals surface area contributed by atoms with Gasteiger partial charge in [-0.3, -0.25) is 20.2 Å². The van der Waals surface area contributed by atoms with Gasteiger partial charge < -0.3 is 4.74 Å². The van der Waals surface area contributed by atoms with Crippen molar-refractivity contribution in [1.82, 2.24) is 10.2 Å². The van der Waals surface area contributed by atoms with Gasteiger partial charge in [0.1, 0.15) is 16.5 Å². The zero-order valence-electron chi connectivity index (χ0n) is 14.0. The van der Waals surface area contributed by atoms with E-state index in [1.165, 1.54) is 29.5 Å². The molecule has 1 aliphatic rings. The van der Waals surface area contributed by atoms with Gasteiger partial charge in [-0.1, -0.05) is 29.5 Å². The molecule has 1 fully saturated rings. The Bertz CT molecular complexity index is 1000. The fourth-order valence-corrected chi connectivity index (χ4v) is 3.37. The first-order chi connectivity index (χ1) is 13.1. The van der Waals surface area contributed by atoms with Crippen LogP contribution in [0.5, 0.6) is 11.5 Å². The van der Waals surface area contributed by atoms with Gasteiger partial charge in [-0.25, -0.2) is 0 Å². The highest BCUT2D eigenvalue weighted by Crippen LogP contribution is 2.42. The Labute approximate surface area is 158 Å². The lowest BCUT2D eigenvalue weighted by atomic mass is 10.1. The lowest BCUT2D eigenvalue weighted by Crippen LogP contribution is -2.13. The Morgan fingerprint density at radius 3 is 2.67 bits per heavy atom. The number of nitro benzene ring substituents is 1. The van der Waals surface area contributed by atoms with Crippen molar-refractivity contribution < 1.29 is 14.5 Å². The molecule has 0 unspecified atom stereocenters. The van der Waals surface area contributed by atoms with Gasteiger partial charge in [0, 0.05) is 18.1 Å². The van der Waals surface area contributed by atoms with Gasteiger partial charge in [0.25, 0.3) is 11.6 Å². The summed E-state index contributed by atoms with van der Waals surface area (Å²) in [6.45, 7) is 0. The van der Waals surface area contributed by atoms with Crippen molar-refractivity contribution in [2.24, 2.45) is 0 Å². The zero-order valence-corrected chi connectivity index (χ0v) is 14.8. The molecular weight excluding hydrogens is 368 g/mol. The number of nitro groups is 1. The van der Waals surface area contributed by atoms with Crippen LogP contribution in [0.2, 0.25) is 0 Å². The molecule has 9 heteroatoms. The molecule has 136 valence electrons. The fraction of sp³-hybridized carbons (Fsp3) is 0.167. The van der Waals surface area contributed by atoms with Crippen LogP contribution in [0.4, 0.5) is 10.8 Å². The van der Waals surface area contributed by atoms with Crippen molar-refractivity contribution in [1.29, 1.82) is 0 Å². The SMILES string of the molecule is O=C(Nc1nnc(C2CC2)s1)c1cc([N+](=O)[O-])ccc1Oc1ccccc1. The number of hydrogen-bond acceptors (Lipinski definition) is 7. The van der Waals surface area contributed by atoms with Crippen molar-refractivity contribution in [3.05, 3.63) is 69.2 Å². The Morgan fingerprint density at radius 1 is 1.19 bits per heavy atom. The average molecular weight is 382 g/mol. The summed E-state index contributed by atoms with van der Waals surface area (Å²) in [5, 5.41) is 23.1. The van der Waals surface area contributed by atoms with Gasteiger partial charge >= 0.3 is 0 Å². The Kier molecular flexibility index (Phi) is 4.51. The smallest absolute Gasteiger partial charge is 0.270 e. The maximum absolute atomic E-state index is 12.7. The molecule has 1 heterocycles. The molecule has 4 rings (SSSR count). The minimum Gasteiger partial charge on any atom is -0.457 e. The normalized spacial score (nSPS) is 13.2. The first-order valence-electron chi connectivity index (χ1n) is 8.26. The standard InChI is InChI=1S/C18H14N4O4S/c23-16(19-18-21-20-17(27-18)11-6-7-11)14-10-12(22(24)25)8-9-15(14)26-13-4-2-1-3-5-13/h1-5,8-11H,6-7H2,(H,19,21,23). The van der Waals surface area contributed by atoms with Crippen LogP contribution in [0.25, 0.3) is 0 Å². The lowest BCUT2D eigenvalue weighted by molar-refractivity contribution is -0.384. The molecule has 3 aromatic rings. The lowest BCUT2D eigenvalue weighted by Gasteiger charge is -2.10. The third-order valence-electron chi connectivity index (χ3n) is 3.98. The molecule has 1 aliphatic carbocycles. The number of hydrogen-bond donors (Lipinski definition) is 1. The van der Waals surface area contributed by atoms with Crippen molar-refractivity contribution in [2.45, 2.75) is 18.8 Å². The number of nitrogens with one attached hydrogen (secondary N) is 1. The minimum absolute atomic E-state index is 0.0521. The number of ether oxygens (including phenoxy) is 1. The van der Waals surface area contributed by atoms with Crippen LogP contribution in [-0.4, -0.2) is 21.0 Å². The second-order valence-corrected chi connectivity index (χ2v) is 7.04. The van der Waals surface area contributed by atoms with Crippen LogP contribution in [0.15, 0.2) is 48.5 Å². The summed E-state index contributed by atoms with van der Waals surface area (Å²) in [7, 11) is 0. The van der Waals surface area contributed by atoms with Crippen LogP contribution in [0.3, 0.4) is 0 Å². The van der Waals surface area contributed by atoms with Crippen LogP contribution in [0, 0.1) is 10.1 Å². The maximum atomic E-state index is 12.7. The number of aromatic nitrogens is 2. The highest BCUT2D eigenvalue weighted by molar-refractivity contribution is 7.15. The molecular formula is C18H14N4O4S. The number of amides is 1. The van der Waals surface area contributed by atoms with Gasteiger partial charge in [0.15, 0.2) is 0 Å². The monoisotopic (exact) mass is 382 g/mol. The number of non-ortho nitro benzene ring substituents is 1. The van der Waals surface area contributed by atoms with Gasteiger partial charge in [-0.2, -0.15) is 0 Å². The average Bonchev–Trinajstić information content (AvgIpc) is 3.42. The number of benzene rings is 2. The quantitative estimate of drug-likeness (QED) is 0.501. The highest BCUT2D eigenvalue weighted by Gasteiger charge is 2.28. The van der Waals surface area contributed by atoms with E-state index in [0.29, 0.717) is 16.8 Å². The highest BCUT2D eigenvalue weighted by atomic mass is 32.1. The summed E-state index contributed by atoms with van der Waals surface area (Å²) < 4.78 is 5.74. The van der Waals surface area contributed by atoms with E-state index in [-0.39, 0.29) is 17.0 Å². The number of carbonyl (C=O) groups excluding carboxylic acids is 1. The van der Waals surface area contributed by atoms with Crippen molar-refractivity contribution in [3.8, 4) is 11.5 Å². The van der Waals surface area contributed by atoms with E-state index in [1.807, 2.05) is 6.07 Å². The molecule has 0 spiro atoms. The molecule has 0 saturated heterocycles. The summed E-state index contributed by atoms with van der Waals surface area (Å²) in [6, 6.07) is 12.8. The second-order valence-electron chi connectivity index (χ2n) is 6.03. The molecule has 1 saturated carbocycles. The second kappa shape index (κ2) is 7.12. The molecule has 2 aromatic carbocycles. The van der Waals surface area contributed by atoms with Gasteiger partial charge in [0.05, 0.1) is 10.5 Å². The van der Waals surface area contributed by atoms with E-state index < -0.39 is 10.8 Å². The van der Waals surface area contributed by atoms with E-state index in [4.69, 9.17) is 4.74 Å². The number of carbonyl (C=O) groups is 1. The predicted molar refractivity (Wildman–Crippen MR) is 99.4 cm³/mol.